The van der Waals surface area contributed by atoms with Crippen LogP contribution in [0.4, 0.5) is 0 Å². The number of nitrogens with two attached hydrogens (primary N) is 1. The SMILES string of the molecule is CCCNC(C(N)=O)c1cccc(OC)c1OC. The van der Waals surface area contributed by atoms with Gasteiger partial charge in [-0.25, -0.2) is 0 Å². The second-order valence-corrected chi connectivity index (χ2v) is 3.87. The molecule has 5 heteroatoms. The Morgan fingerprint density at radius 2 is 2.11 bits per heavy atom. The quantitative estimate of drug-likeness (QED) is 0.765. The van der Waals surface area contributed by atoms with E-state index in [9.17, 15) is 4.79 Å². The summed E-state index contributed by atoms with van der Waals surface area (Å²) in [4.78, 5) is 11.5. The van der Waals surface area contributed by atoms with Crippen molar-refractivity contribution in [1.82, 2.24) is 5.32 Å². The molecule has 1 aromatic rings. The zero-order valence-corrected chi connectivity index (χ0v) is 11.0. The van der Waals surface area contributed by atoms with Crippen LogP contribution in [-0.2, 0) is 4.79 Å². The number of hydrogen-bond donors (Lipinski definition) is 2. The molecule has 0 fully saturated rings. The topological polar surface area (TPSA) is 73.6 Å². The van der Waals surface area contributed by atoms with Gasteiger partial charge in [0.15, 0.2) is 11.5 Å². The lowest BCUT2D eigenvalue weighted by Crippen LogP contribution is -2.34. The molecule has 1 unspecified atom stereocenters. The first-order chi connectivity index (χ1) is 8.65. The maximum Gasteiger partial charge on any atom is 0.239 e. The first kappa shape index (κ1) is 14.3. The van der Waals surface area contributed by atoms with Crippen LogP contribution in [0.25, 0.3) is 0 Å². The molecule has 0 saturated heterocycles. The van der Waals surface area contributed by atoms with Crippen LogP contribution in [0.5, 0.6) is 11.5 Å². The molecule has 0 aliphatic rings. The first-order valence-electron chi connectivity index (χ1n) is 5.89. The smallest absolute Gasteiger partial charge is 0.239 e. The molecule has 1 amide bonds. The van der Waals surface area contributed by atoms with E-state index in [1.165, 1.54) is 0 Å². The maximum absolute atomic E-state index is 11.5. The van der Waals surface area contributed by atoms with Crippen LogP contribution < -0.4 is 20.5 Å². The number of benzene rings is 1. The van der Waals surface area contributed by atoms with Crippen LogP contribution in [0.3, 0.4) is 0 Å². The molecule has 0 spiro atoms. The molecule has 18 heavy (non-hydrogen) atoms. The third kappa shape index (κ3) is 3.13. The van der Waals surface area contributed by atoms with E-state index in [2.05, 4.69) is 5.32 Å². The number of hydrogen-bond acceptors (Lipinski definition) is 4. The number of primary amides is 1. The molecule has 0 aromatic heterocycles. The summed E-state index contributed by atoms with van der Waals surface area (Å²) in [6.07, 6.45) is 0.913. The minimum absolute atomic E-state index is 0.435. The molecule has 1 atom stereocenters. The van der Waals surface area contributed by atoms with Crippen molar-refractivity contribution in [3.63, 3.8) is 0 Å². The molecule has 0 bridgehead atoms. The van der Waals surface area contributed by atoms with Gasteiger partial charge >= 0.3 is 0 Å². The van der Waals surface area contributed by atoms with E-state index in [1.54, 1.807) is 32.4 Å². The van der Waals surface area contributed by atoms with E-state index in [0.717, 1.165) is 6.42 Å². The molecular formula is C13H20N2O3. The molecule has 3 N–H and O–H groups in total. The van der Waals surface area contributed by atoms with Crippen molar-refractivity contribution in [3.8, 4) is 11.5 Å². The molecule has 1 rings (SSSR count). The average Bonchev–Trinajstić information content (AvgIpc) is 2.38. The van der Waals surface area contributed by atoms with Crippen molar-refractivity contribution in [2.75, 3.05) is 20.8 Å². The minimum atomic E-state index is -0.574. The highest BCUT2D eigenvalue weighted by molar-refractivity contribution is 5.82. The van der Waals surface area contributed by atoms with Gasteiger partial charge in [0.05, 0.1) is 14.2 Å². The predicted molar refractivity (Wildman–Crippen MR) is 69.8 cm³/mol. The number of para-hydroxylation sites is 1. The average molecular weight is 252 g/mol. The van der Waals surface area contributed by atoms with Crippen LogP contribution in [0, 0.1) is 0 Å². The normalized spacial score (nSPS) is 11.9. The van der Waals surface area contributed by atoms with Crippen molar-refractivity contribution >= 4 is 5.91 Å². The van der Waals surface area contributed by atoms with Gasteiger partial charge in [-0.2, -0.15) is 0 Å². The zero-order chi connectivity index (χ0) is 13.5. The fraction of sp³-hybridized carbons (Fsp3) is 0.462. The monoisotopic (exact) mass is 252 g/mol. The highest BCUT2D eigenvalue weighted by atomic mass is 16.5. The summed E-state index contributed by atoms with van der Waals surface area (Å²) >= 11 is 0. The van der Waals surface area contributed by atoms with Crippen molar-refractivity contribution in [2.45, 2.75) is 19.4 Å². The molecule has 1 aromatic carbocycles. The number of carbonyl (C=O) groups excluding carboxylic acids is 1. The molecule has 0 aliphatic heterocycles. The molecule has 0 heterocycles. The van der Waals surface area contributed by atoms with Gasteiger partial charge in [-0.15, -0.1) is 0 Å². The van der Waals surface area contributed by atoms with E-state index in [-0.39, 0.29) is 0 Å². The fourth-order valence-corrected chi connectivity index (χ4v) is 1.79. The van der Waals surface area contributed by atoms with Crippen LogP contribution in [0.15, 0.2) is 18.2 Å². The Morgan fingerprint density at radius 1 is 1.39 bits per heavy atom. The summed E-state index contributed by atoms with van der Waals surface area (Å²) in [5, 5.41) is 3.10. The van der Waals surface area contributed by atoms with Gasteiger partial charge in [-0.3, -0.25) is 4.79 Å². The second kappa shape index (κ2) is 6.86. The van der Waals surface area contributed by atoms with Gasteiger partial charge in [0.1, 0.15) is 6.04 Å². The third-order valence-electron chi connectivity index (χ3n) is 2.63. The van der Waals surface area contributed by atoms with Crippen LogP contribution in [0.1, 0.15) is 24.9 Å². The standard InChI is InChI=1S/C13H20N2O3/c1-4-8-15-11(13(14)16)9-6-5-7-10(17-2)12(9)18-3/h5-7,11,15H,4,8H2,1-3H3,(H2,14,16). The van der Waals surface area contributed by atoms with Crippen LogP contribution in [0.2, 0.25) is 0 Å². The number of nitrogens with one attached hydrogen (secondary N) is 1. The lowest BCUT2D eigenvalue weighted by atomic mass is 10.0. The van der Waals surface area contributed by atoms with Crippen LogP contribution in [-0.4, -0.2) is 26.7 Å². The summed E-state index contributed by atoms with van der Waals surface area (Å²) in [7, 11) is 3.10. The Kier molecular flexibility index (Phi) is 5.45. The fourth-order valence-electron chi connectivity index (χ4n) is 1.79. The Balaban J connectivity index is 3.14. The predicted octanol–water partition coefficient (Wildman–Crippen LogP) is 1.23. The minimum Gasteiger partial charge on any atom is -0.493 e. The van der Waals surface area contributed by atoms with Crippen molar-refractivity contribution in [2.24, 2.45) is 5.73 Å². The van der Waals surface area contributed by atoms with Gasteiger partial charge in [0.25, 0.3) is 0 Å². The third-order valence-corrected chi connectivity index (χ3v) is 2.63. The molecule has 5 nitrogen and oxygen atoms in total. The molecular weight excluding hydrogens is 232 g/mol. The zero-order valence-electron chi connectivity index (χ0n) is 11.0. The van der Waals surface area contributed by atoms with E-state index < -0.39 is 11.9 Å². The largest absolute Gasteiger partial charge is 0.493 e. The van der Waals surface area contributed by atoms with Gasteiger partial charge in [-0.1, -0.05) is 19.1 Å². The summed E-state index contributed by atoms with van der Waals surface area (Å²) in [5.41, 5.74) is 6.12. The van der Waals surface area contributed by atoms with Crippen molar-refractivity contribution in [3.05, 3.63) is 23.8 Å². The van der Waals surface area contributed by atoms with E-state index >= 15 is 0 Å². The number of amides is 1. The number of carbonyl (C=O) groups is 1. The number of ether oxygens (including phenoxy) is 2. The van der Waals surface area contributed by atoms with Crippen molar-refractivity contribution < 1.29 is 14.3 Å². The van der Waals surface area contributed by atoms with Crippen molar-refractivity contribution in [1.29, 1.82) is 0 Å². The van der Waals surface area contributed by atoms with E-state index in [4.69, 9.17) is 15.2 Å². The van der Waals surface area contributed by atoms with Gasteiger partial charge in [0, 0.05) is 5.56 Å². The molecule has 0 radical (unpaired) electrons. The van der Waals surface area contributed by atoms with E-state index in [0.29, 0.717) is 23.6 Å². The Morgan fingerprint density at radius 3 is 2.61 bits per heavy atom. The number of methoxy groups -OCH3 is 2. The lowest BCUT2D eigenvalue weighted by molar-refractivity contribution is -0.120. The first-order valence-corrected chi connectivity index (χ1v) is 5.89. The summed E-state index contributed by atoms with van der Waals surface area (Å²) in [6, 6.07) is 4.81. The Labute approximate surface area is 107 Å². The van der Waals surface area contributed by atoms with E-state index in [1.807, 2.05) is 6.92 Å². The number of rotatable bonds is 7. The van der Waals surface area contributed by atoms with Gasteiger partial charge in [0.2, 0.25) is 5.91 Å². The Bertz CT molecular complexity index is 407. The van der Waals surface area contributed by atoms with Crippen LogP contribution >= 0.6 is 0 Å². The highest BCUT2D eigenvalue weighted by Crippen LogP contribution is 2.34. The summed E-state index contributed by atoms with van der Waals surface area (Å²) < 4.78 is 10.5. The molecule has 0 saturated carbocycles. The highest BCUT2D eigenvalue weighted by Gasteiger charge is 2.22. The Hall–Kier alpha value is -1.75. The van der Waals surface area contributed by atoms with Gasteiger partial charge < -0.3 is 20.5 Å². The lowest BCUT2D eigenvalue weighted by Gasteiger charge is -2.19. The van der Waals surface area contributed by atoms with Gasteiger partial charge in [-0.05, 0) is 19.0 Å². The second-order valence-electron chi connectivity index (χ2n) is 3.87. The summed E-state index contributed by atoms with van der Waals surface area (Å²) in [5.74, 6) is 0.682. The molecule has 0 aliphatic carbocycles. The summed E-state index contributed by atoms with van der Waals surface area (Å²) in [6.45, 7) is 2.72. The maximum atomic E-state index is 11.5. The molecule has 100 valence electrons.